The van der Waals surface area contributed by atoms with Crippen molar-refractivity contribution in [3.05, 3.63) is 59.5 Å². The molecule has 0 bridgehead atoms. The highest BCUT2D eigenvalue weighted by Crippen LogP contribution is 2.37. The summed E-state index contributed by atoms with van der Waals surface area (Å²) in [4.78, 5) is 7.77. The molecule has 3 aromatic rings. The summed E-state index contributed by atoms with van der Waals surface area (Å²) in [5, 5.41) is 10.5. The van der Waals surface area contributed by atoms with Crippen LogP contribution in [-0.2, 0) is 10.0 Å². The highest BCUT2D eigenvalue weighted by atomic mass is 35.5. The molecule has 0 aliphatic heterocycles. The molecular weight excluding hydrogens is 467 g/mol. The Kier molecular flexibility index (Phi) is 5.32. The first-order chi connectivity index (χ1) is 15.0. The van der Waals surface area contributed by atoms with E-state index in [2.05, 4.69) is 16.0 Å². The van der Waals surface area contributed by atoms with Crippen LogP contribution >= 0.6 is 11.6 Å². The molecule has 1 aliphatic carbocycles. The summed E-state index contributed by atoms with van der Waals surface area (Å²) in [6.45, 7) is 0.704. The number of nitriles is 1. The Morgan fingerprint density at radius 2 is 1.97 bits per heavy atom. The fourth-order valence-electron chi connectivity index (χ4n) is 3.16. The molecule has 3 heterocycles. The number of nitrogens with zero attached hydrogens (tertiary/aromatic N) is 4. The molecule has 0 saturated heterocycles. The van der Waals surface area contributed by atoms with Crippen LogP contribution in [0.1, 0.15) is 12.5 Å². The van der Waals surface area contributed by atoms with Gasteiger partial charge in [0.1, 0.15) is 22.2 Å². The number of hydrogen-bond donors (Lipinski definition) is 1. The lowest BCUT2D eigenvalue weighted by Crippen LogP contribution is -2.42. The van der Waals surface area contributed by atoms with Gasteiger partial charge in [-0.1, -0.05) is 17.7 Å². The molecule has 7 nitrogen and oxygen atoms in total. The van der Waals surface area contributed by atoms with Gasteiger partial charge in [-0.3, -0.25) is 4.98 Å². The summed E-state index contributed by atoms with van der Waals surface area (Å²) in [5.74, 6) is 0. The van der Waals surface area contributed by atoms with Gasteiger partial charge in [0.05, 0.1) is 28.7 Å². The maximum atomic E-state index is 12.8. The highest BCUT2D eigenvalue weighted by Gasteiger charge is 2.39. The maximum Gasteiger partial charge on any atom is 0.404 e. The van der Waals surface area contributed by atoms with Crippen molar-refractivity contribution < 1.29 is 21.6 Å². The molecular formula is C20H13ClF3N5O2S. The number of alkyl halides is 3. The lowest BCUT2D eigenvalue weighted by atomic mass is 10.1. The van der Waals surface area contributed by atoms with Gasteiger partial charge in [-0.05, 0) is 37.3 Å². The molecule has 1 atom stereocenters. The first kappa shape index (κ1) is 22.0. The van der Waals surface area contributed by atoms with Crippen molar-refractivity contribution in [2.75, 3.05) is 0 Å². The average molecular weight is 480 g/mol. The first-order valence-corrected chi connectivity index (χ1v) is 10.9. The van der Waals surface area contributed by atoms with Crippen LogP contribution in [0.2, 0.25) is 5.15 Å². The van der Waals surface area contributed by atoms with E-state index in [1.165, 1.54) is 12.3 Å². The van der Waals surface area contributed by atoms with E-state index in [1.807, 2.05) is 0 Å². The zero-order valence-corrected chi connectivity index (χ0v) is 17.8. The maximum absolute atomic E-state index is 12.8. The van der Waals surface area contributed by atoms with E-state index in [9.17, 15) is 26.9 Å². The van der Waals surface area contributed by atoms with E-state index in [4.69, 9.17) is 11.6 Å². The monoisotopic (exact) mass is 479 g/mol. The number of nitrogens with one attached hydrogen (secondary N) is 1. The third-order valence-corrected chi connectivity index (χ3v) is 6.57. The van der Waals surface area contributed by atoms with Gasteiger partial charge in [-0.2, -0.15) is 23.2 Å². The Labute approximate surface area is 185 Å². The van der Waals surface area contributed by atoms with Gasteiger partial charge in [0, 0.05) is 17.3 Å². The summed E-state index contributed by atoms with van der Waals surface area (Å²) >= 11 is 6.00. The summed E-state index contributed by atoms with van der Waals surface area (Å²) in [5.41, 5.74) is 2.21. The second-order valence-corrected chi connectivity index (χ2v) is 9.01. The number of fused-ring (bicyclic) bond motifs is 1. The number of halogens is 4. The minimum Gasteiger partial charge on any atom is -0.305 e. The summed E-state index contributed by atoms with van der Waals surface area (Å²) < 4.78 is 66.2. The van der Waals surface area contributed by atoms with E-state index in [0.29, 0.717) is 23.5 Å². The number of rotatable bonds is 5. The Hall–Kier alpha value is -3.20. The molecule has 164 valence electrons. The molecule has 0 unspecified atom stereocenters. The predicted molar refractivity (Wildman–Crippen MR) is 112 cm³/mol. The smallest absolute Gasteiger partial charge is 0.305 e. The Bertz CT molecular complexity index is 1440. The van der Waals surface area contributed by atoms with Gasteiger partial charge in [0.25, 0.3) is 0 Å². The first-order valence-electron chi connectivity index (χ1n) is 9.07. The Morgan fingerprint density at radius 3 is 2.50 bits per heavy atom. The van der Waals surface area contributed by atoms with E-state index in [0.717, 1.165) is 18.0 Å². The average Bonchev–Trinajstić information content (AvgIpc) is 2.99. The fourth-order valence-corrected chi connectivity index (χ4v) is 4.49. The molecule has 1 aliphatic rings. The van der Waals surface area contributed by atoms with Crippen molar-refractivity contribution in [2.45, 2.75) is 24.0 Å². The van der Waals surface area contributed by atoms with Gasteiger partial charge >= 0.3 is 6.18 Å². The zero-order chi connectivity index (χ0) is 23.3. The topological polar surface area (TPSA) is 101 Å². The minimum absolute atomic E-state index is 0.190. The molecule has 0 aromatic carbocycles. The van der Waals surface area contributed by atoms with E-state index < -0.39 is 27.1 Å². The number of pyridine rings is 2. The van der Waals surface area contributed by atoms with Crippen LogP contribution in [0.4, 0.5) is 13.2 Å². The molecule has 32 heavy (non-hydrogen) atoms. The van der Waals surface area contributed by atoms with Crippen LogP contribution in [0.5, 0.6) is 0 Å². The molecule has 0 saturated carbocycles. The molecule has 3 aromatic heterocycles. The lowest BCUT2D eigenvalue weighted by molar-refractivity contribution is -0.147. The van der Waals surface area contributed by atoms with E-state index in [1.54, 1.807) is 33.6 Å². The Balaban J connectivity index is 1.82. The number of allylic oxidation sites excluding steroid dienone is 4. The number of aromatic nitrogens is 3. The largest absolute Gasteiger partial charge is 0.404 e. The van der Waals surface area contributed by atoms with Crippen molar-refractivity contribution in [1.29, 1.82) is 5.26 Å². The highest BCUT2D eigenvalue weighted by molar-refractivity contribution is 7.89. The van der Waals surface area contributed by atoms with Gasteiger partial charge in [-0.15, -0.1) is 0 Å². The van der Waals surface area contributed by atoms with Crippen molar-refractivity contribution in [3.8, 4) is 17.5 Å². The van der Waals surface area contributed by atoms with Crippen LogP contribution in [0.15, 0.2) is 53.7 Å². The van der Waals surface area contributed by atoms with Gasteiger partial charge in [-0.25, -0.2) is 13.4 Å². The SMILES string of the molecule is C[C@H](NS(=O)(=O)c1ccc(-c2c(C#N)c3cc(Cl)ncc3n2C2=CC=C2)nc1)C(F)(F)F. The van der Waals surface area contributed by atoms with Crippen molar-refractivity contribution >= 4 is 38.2 Å². The molecule has 0 radical (unpaired) electrons. The van der Waals surface area contributed by atoms with Crippen molar-refractivity contribution in [3.63, 3.8) is 0 Å². The molecule has 12 heteroatoms. The van der Waals surface area contributed by atoms with Gasteiger partial charge in [0.2, 0.25) is 10.0 Å². The van der Waals surface area contributed by atoms with Crippen LogP contribution in [-0.4, -0.2) is 35.2 Å². The minimum atomic E-state index is -4.73. The number of sulfonamides is 1. The van der Waals surface area contributed by atoms with Crippen molar-refractivity contribution in [1.82, 2.24) is 19.3 Å². The second kappa shape index (κ2) is 7.74. The zero-order valence-electron chi connectivity index (χ0n) is 16.2. The molecule has 0 amide bonds. The van der Waals surface area contributed by atoms with Crippen LogP contribution < -0.4 is 4.72 Å². The molecule has 0 spiro atoms. The van der Waals surface area contributed by atoms with Crippen molar-refractivity contribution in [2.24, 2.45) is 0 Å². The van der Waals surface area contributed by atoms with E-state index in [-0.39, 0.29) is 16.4 Å². The third kappa shape index (κ3) is 3.77. The Morgan fingerprint density at radius 1 is 1.25 bits per heavy atom. The molecule has 0 fully saturated rings. The van der Waals surface area contributed by atoms with Crippen LogP contribution in [0.3, 0.4) is 0 Å². The van der Waals surface area contributed by atoms with Gasteiger partial charge in [0.15, 0.2) is 0 Å². The predicted octanol–water partition coefficient (Wildman–Crippen LogP) is 4.26. The molecule has 4 rings (SSSR count). The molecule has 1 N–H and O–H groups in total. The second-order valence-electron chi connectivity index (χ2n) is 6.91. The van der Waals surface area contributed by atoms with Crippen LogP contribution in [0, 0.1) is 11.3 Å². The number of hydrogen-bond acceptors (Lipinski definition) is 5. The quantitative estimate of drug-likeness (QED) is 0.551. The summed E-state index contributed by atoms with van der Waals surface area (Å²) in [6.07, 6.45) is 3.13. The van der Waals surface area contributed by atoms with Crippen LogP contribution in [0.25, 0.3) is 28.0 Å². The lowest BCUT2D eigenvalue weighted by Gasteiger charge is -2.17. The summed E-state index contributed by atoms with van der Waals surface area (Å²) in [7, 11) is -4.46. The standard InChI is InChI=1S/C20H13ClF3N5O2S/c1-11(20(22,23)24)28-32(30,31)13-5-6-16(26-9-13)19-15(8-25)14-7-18(21)27-10-17(14)29(19)12-3-2-4-12/h2-7,9-11,28H,1H3/t11-/m0/s1. The third-order valence-electron chi connectivity index (χ3n) is 4.84. The van der Waals surface area contributed by atoms with E-state index >= 15 is 0 Å². The van der Waals surface area contributed by atoms with Gasteiger partial charge < -0.3 is 4.57 Å². The summed E-state index contributed by atoms with van der Waals surface area (Å²) in [6, 6.07) is 3.86. The fraction of sp³-hybridized carbons (Fsp3) is 0.150. The normalized spacial score (nSPS) is 14.7.